The summed E-state index contributed by atoms with van der Waals surface area (Å²) in [6.07, 6.45) is 0.366. The van der Waals surface area contributed by atoms with Crippen LogP contribution in [-0.4, -0.2) is 34.0 Å². The van der Waals surface area contributed by atoms with E-state index in [1.165, 1.54) is 5.56 Å². The van der Waals surface area contributed by atoms with Gasteiger partial charge in [-0.1, -0.05) is 30.0 Å². The molecular formula is C21H22N4O3S. The molecule has 0 aliphatic rings. The van der Waals surface area contributed by atoms with Crippen molar-refractivity contribution in [2.75, 3.05) is 18.2 Å². The van der Waals surface area contributed by atoms with E-state index in [9.17, 15) is 9.59 Å². The highest BCUT2D eigenvalue weighted by atomic mass is 32.2. The highest BCUT2D eigenvalue weighted by Gasteiger charge is 2.10. The van der Waals surface area contributed by atoms with Gasteiger partial charge in [0, 0.05) is 12.1 Å². The molecule has 29 heavy (non-hydrogen) atoms. The van der Waals surface area contributed by atoms with Crippen molar-refractivity contribution in [2.24, 2.45) is 0 Å². The molecule has 8 heteroatoms. The number of carbonyl (C=O) groups excluding carboxylic acids is 1. The molecule has 3 aromatic rings. The van der Waals surface area contributed by atoms with E-state index in [1.807, 2.05) is 56.3 Å². The summed E-state index contributed by atoms with van der Waals surface area (Å²) in [6.45, 7) is 4.01. The Balaban J connectivity index is 1.57. The van der Waals surface area contributed by atoms with Crippen LogP contribution in [0.1, 0.15) is 22.4 Å². The summed E-state index contributed by atoms with van der Waals surface area (Å²) in [7, 11) is 1.60. The van der Waals surface area contributed by atoms with Crippen LogP contribution in [0.3, 0.4) is 0 Å². The standard InChI is InChI=1S/C21H22N4O3S/c1-13-4-7-16(10-14(13)2)22-19(26)12-29-21-23-20(27)18(24-25-21)11-15-5-8-17(28-3)9-6-15/h4-10H,11-12H2,1-3H3,(H,22,26)(H,23,25,27). The third kappa shape index (κ3) is 5.68. The Morgan fingerprint density at radius 1 is 1.10 bits per heavy atom. The molecule has 2 aromatic carbocycles. The van der Waals surface area contributed by atoms with Crippen molar-refractivity contribution in [1.82, 2.24) is 15.2 Å². The smallest absolute Gasteiger partial charge is 0.273 e. The number of nitrogens with one attached hydrogen (secondary N) is 2. The van der Waals surface area contributed by atoms with Crippen molar-refractivity contribution in [3.05, 3.63) is 75.2 Å². The van der Waals surface area contributed by atoms with Crippen LogP contribution in [0.25, 0.3) is 0 Å². The monoisotopic (exact) mass is 410 g/mol. The molecule has 1 aromatic heterocycles. The molecule has 3 rings (SSSR count). The molecule has 0 bridgehead atoms. The zero-order chi connectivity index (χ0) is 20.8. The first kappa shape index (κ1) is 20.6. The van der Waals surface area contributed by atoms with E-state index >= 15 is 0 Å². The highest BCUT2D eigenvalue weighted by molar-refractivity contribution is 7.99. The summed E-state index contributed by atoms with van der Waals surface area (Å²) in [5.74, 6) is 0.692. The van der Waals surface area contributed by atoms with Crippen molar-refractivity contribution in [3.63, 3.8) is 0 Å². The quantitative estimate of drug-likeness (QED) is 0.581. The second-order valence-corrected chi connectivity index (χ2v) is 7.53. The number of aromatic amines is 1. The van der Waals surface area contributed by atoms with Crippen LogP contribution in [0.15, 0.2) is 52.4 Å². The first-order chi connectivity index (χ1) is 13.9. The van der Waals surface area contributed by atoms with Crippen molar-refractivity contribution in [2.45, 2.75) is 25.4 Å². The van der Waals surface area contributed by atoms with Crippen molar-refractivity contribution >= 4 is 23.4 Å². The van der Waals surface area contributed by atoms with Crippen LogP contribution in [-0.2, 0) is 11.2 Å². The minimum absolute atomic E-state index is 0.120. The number of ether oxygens (including phenoxy) is 1. The number of methoxy groups -OCH3 is 1. The predicted molar refractivity (Wildman–Crippen MR) is 114 cm³/mol. The molecule has 150 valence electrons. The van der Waals surface area contributed by atoms with Crippen molar-refractivity contribution in [3.8, 4) is 5.75 Å². The summed E-state index contributed by atoms with van der Waals surface area (Å²) in [5, 5.41) is 11.2. The largest absolute Gasteiger partial charge is 0.497 e. The van der Waals surface area contributed by atoms with E-state index in [2.05, 4.69) is 20.5 Å². The maximum Gasteiger partial charge on any atom is 0.273 e. The summed E-state index contributed by atoms with van der Waals surface area (Å²) in [6, 6.07) is 13.2. The first-order valence-electron chi connectivity index (χ1n) is 9.03. The number of thioether (sulfide) groups is 1. The van der Waals surface area contributed by atoms with Gasteiger partial charge in [0.25, 0.3) is 5.56 Å². The predicted octanol–water partition coefficient (Wildman–Crippen LogP) is 3.11. The molecular weight excluding hydrogens is 388 g/mol. The lowest BCUT2D eigenvalue weighted by Crippen LogP contribution is -2.19. The fourth-order valence-electron chi connectivity index (χ4n) is 2.61. The number of amides is 1. The highest BCUT2D eigenvalue weighted by Crippen LogP contribution is 2.16. The molecule has 0 spiro atoms. The maximum atomic E-state index is 12.3. The van der Waals surface area contributed by atoms with E-state index < -0.39 is 0 Å². The summed E-state index contributed by atoms with van der Waals surface area (Å²) >= 11 is 1.13. The van der Waals surface area contributed by atoms with Crippen molar-refractivity contribution < 1.29 is 9.53 Å². The topological polar surface area (TPSA) is 97.0 Å². The van der Waals surface area contributed by atoms with Gasteiger partial charge in [0.15, 0.2) is 5.16 Å². The Bertz CT molecular complexity index is 1060. The third-order valence-electron chi connectivity index (χ3n) is 4.41. The lowest BCUT2D eigenvalue weighted by atomic mass is 10.1. The molecule has 0 saturated heterocycles. The van der Waals surface area contributed by atoms with E-state index in [0.29, 0.717) is 17.3 Å². The van der Waals surface area contributed by atoms with Gasteiger partial charge in [0.05, 0.1) is 12.9 Å². The molecule has 0 radical (unpaired) electrons. The van der Waals surface area contributed by atoms with Gasteiger partial charge < -0.3 is 10.1 Å². The average Bonchev–Trinajstić information content (AvgIpc) is 2.71. The summed E-state index contributed by atoms with van der Waals surface area (Å²) < 4.78 is 5.12. The molecule has 0 saturated carbocycles. The lowest BCUT2D eigenvalue weighted by Gasteiger charge is -2.07. The number of rotatable bonds is 7. The third-order valence-corrected chi connectivity index (χ3v) is 5.27. The van der Waals surface area contributed by atoms with Crippen LogP contribution in [0.5, 0.6) is 5.75 Å². The van der Waals surface area contributed by atoms with Crippen LogP contribution in [0.2, 0.25) is 0 Å². The number of anilines is 1. The molecule has 0 atom stereocenters. The fraction of sp³-hybridized carbons (Fsp3) is 0.238. The number of hydrogen-bond donors (Lipinski definition) is 2. The van der Waals surface area contributed by atoms with Gasteiger partial charge in [-0.15, -0.1) is 10.2 Å². The number of H-pyrrole nitrogens is 1. The van der Waals surface area contributed by atoms with Gasteiger partial charge in [-0.05, 0) is 54.8 Å². The maximum absolute atomic E-state index is 12.3. The number of aryl methyl sites for hydroxylation is 2. The normalized spacial score (nSPS) is 10.6. The van der Waals surface area contributed by atoms with E-state index in [0.717, 1.165) is 34.3 Å². The van der Waals surface area contributed by atoms with E-state index in [1.54, 1.807) is 7.11 Å². The summed E-state index contributed by atoms with van der Waals surface area (Å²) in [4.78, 5) is 27.1. The zero-order valence-electron chi connectivity index (χ0n) is 16.5. The molecule has 1 amide bonds. The summed E-state index contributed by atoms with van der Waals surface area (Å²) in [5.41, 5.74) is 3.96. The molecule has 0 aliphatic heterocycles. The zero-order valence-corrected chi connectivity index (χ0v) is 17.3. The average molecular weight is 410 g/mol. The van der Waals surface area contributed by atoms with Gasteiger partial charge in [-0.25, -0.2) is 0 Å². The number of hydrogen-bond acceptors (Lipinski definition) is 6. The van der Waals surface area contributed by atoms with Crippen LogP contribution in [0.4, 0.5) is 5.69 Å². The van der Waals surface area contributed by atoms with Gasteiger partial charge in [0.2, 0.25) is 5.91 Å². The Hall–Kier alpha value is -3.13. The van der Waals surface area contributed by atoms with Gasteiger partial charge in [-0.2, -0.15) is 0 Å². The minimum atomic E-state index is -0.312. The molecule has 1 heterocycles. The molecule has 2 N–H and O–H groups in total. The van der Waals surface area contributed by atoms with Crippen molar-refractivity contribution in [1.29, 1.82) is 0 Å². The SMILES string of the molecule is COc1ccc(Cc2nnc(SCC(=O)Nc3ccc(C)c(C)c3)[nH]c2=O)cc1. The Morgan fingerprint density at radius 2 is 1.86 bits per heavy atom. The van der Waals surface area contributed by atoms with E-state index in [4.69, 9.17) is 4.74 Å². The number of aromatic nitrogens is 3. The molecule has 7 nitrogen and oxygen atoms in total. The Kier molecular flexibility index (Phi) is 6.66. The number of nitrogens with zero attached hydrogens (tertiary/aromatic N) is 2. The van der Waals surface area contributed by atoms with Crippen LogP contribution in [0, 0.1) is 13.8 Å². The Morgan fingerprint density at radius 3 is 2.52 bits per heavy atom. The van der Waals surface area contributed by atoms with Gasteiger partial charge in [-0.3, -0.25) is 14.6 Å². The number of benzene rings is 2. The lowest BCUT2D eigenvalue weighted by molar-refractivity contribution is -0.113. The second-order valence-electron chi connectivity index (χ2n) is 6.57. The molecule has 0 fully saturated rings. The fourth-order valence-corrected chi connectivity index (χ4v) is 3.22. The first-order valence-corrected chi connectivity index (χ1v) is 10.0. The number of carbonyl (C=O) groups is 1. The van der Waals surface area contributed by atoms with Gasteiger partial charge in [0.1, 0.15) is 11.4 Å². The molecule has 0 aliphatic carbocycles. The van der Waals surface area contributed by atoms with Crippen LogP contribution < -0.4 is 15.6 Å². The van der Waals surface area contributed by atoms with Crippen LogP contribution >= 0.6 is 11.8 Å². The Labute approximate surface area is 172 Å². The minimum Gasteiger partial charge on any atom is -0.497 e. The van der Waals surface area contributed by atoms with E-state index in [-0.39, 0.29) is 17.2 Å². The second kappa shape index (κ2) is 9.38. The van der Waals surface area contributed by atoms with Gasteiger partial charge >= 0.3 is 0 Å². The molecule has 0 unspecified atom stereocenters.